The molecule has 4 N–H and O–H groups in total. The van der Waals surface area contributed by atoms with Crippen LogP contribution in [0.4, 0.5) is 0 Å². The molecular weight excluding hydrogens is 262 g/mol. The van der Waals surface area contributed by atoms with Gasteiger partial charge in [-0.25, -0.2) is 0 Å². The van der Waals surface area contributed by atoms with Gasteiger partial charge in [-0.05, 0) is 12.8 Å². The minimum Gasteiger partial charge on any atom is -0.481 e. The van der Waals surface area contributed by atoms with Crippen molar-refractivity contribution >= 4 is 5.97 Å². The van der Waals surface area contributed by atoms with Gasteiger partial charge in [-0.3, -0.25) is 9.69 Å². The fourth-order valence-electron chi connectivity index (χ4n) is 1.71. The number of aliphatic hydroxyl groups excluding tert-OH is 3. The van der Waals surface area contributed by atoms with Crippen LogP contribution in [0.5, 0.6) is 0 Å². The van der Waals surface area contributed by atoms with Gasteiger partial charge in [0.1, 0.15) is 0 Å². The molecule has 0 rings (SSSR count). The van der Waals surface area contributed by atoms with Crippen molar-refractivity contribution in [2.75, 3.05) is 39.5 Å². The lowest BCUT2D eigenvalue weighted by Crippen LogP contribution is -2.32. The number of nitrogens with zero attached hydrogens (tertiary/aromatic N) is 1. The summed E-state index contributed by atoms with van der Waals surface area (Å²) in [7, 11) is 0. The van der Waals surface area contributed by atoms with Gasteiger partial charge in [0, 0.05) is 19.6 Å². The molecule has 0 heterocycles. The highest BCUT2D eigenvalue weighted by Crippen LogP contribution is 2.11. The molecule has 0 saturated heterocycles. The van der Waals surface area contributed by atoms with Crippen molar-refractivity contribution in [3.63, 3.8) is 0 Å². The fraction of sp³-hybridized carbons (Fsp3) is 0.929. The molecule has 0 bridgehead atoms. The van der Waals surface area contributed by atoms with Crippen LogP contribution in [0, 0.1) is 5.92 Å². The Morgan fingerprint density at radius 2 is 1.45 bits per heavy atom. The molecule has 0 spiro atoms. The molecule has 0 saturated carbocycles. The lowest BCUT2D eigenvalue weighted by molar-refractivity contribution is -0.142. The molecule has 0 aliphatic rings. The van der Waals surface area contributed by atoms with E-state index >= 15 is 0 Å². The highest BCUT2D eigenvalue weighted by molar-refractivity contribution is 5.69. The zero-order valence-corrected chi connectivity index (χ0v) is 12.8. The van der Waals surface area contributed by atoms with E-state index in [1.165, 1.54) is 0 Å². The average molecular weight is 293 g/mol. The Morgan fingerprint density at radius 1 is 1.00 bits per heavy atom. The number of aliphatic carboxylic acids is 1. The Labute approximate surface area is 122 Å². The lowest BCUT2D eigenvalue weighted by atomic mass is 10.00. The average Bonchev–Trinajstić information content (AvgIpc) is 2.41. The van der Waals surface area contributed by atoms with E-state index in [1.807, 2.05) is 6.92 Å². The second-order valence-corrected chi connectivity index (χ2v) is 4.60. The van der Waals surface area contributed by atoms with Crippen LogP contribution in [0.1, 0.15) is 39.5 Å². The highest BCUT2D eigenvalue weighted by Gasteiger charge is 2.12. The maximum absolute atomic E-state index is 10.4. The van der Waals surface area contributed by atoms with Crippen molar-refractivity contribution in [3.05, 3.63) is 0 Å². The molecule has 0 radical (unpaired) electrons. The first-order valence-electron chi connectivity index (χ1n) is 7.34. The summed E-state index contributed by atoms with van der Waals surface area (Å²) in [5.74, 6) is -0.754. The SMILES string of the molecule is CCCCC(CC)C(=O)O.OCCN(CCO)CCO. The molecule has 0 aliphatic heterocycles. The van der Waals surface area contributed by atoms with E-state index in [0.29, 0.717) is 19.6 Å². The van der Waals surface area contributed by atoms with E-state index in [0.717, 1.165) is 25.7 Å². The van der Waals surface area contributed by atoms with Gasteiger partial charge in [-0.15, -0.1) is 0 Å². The predicted octanol–water partition coefficient (Wildman–Crippen LogP) is 0.553. The van der Waals surface area contributed by atoms with Crippen molar-refractivity contribution in [3.8, 4) is 0 Å². The van der Waals surface area contributed by atoms with Gasteiger partial charge in [-0.1, -0.05) is 26.7 Å². The molecule has 6 nitrogen and oxygen atoms in total. The maximum atomic E-state index is 10.4. The number of rotatable bonds is 11. The van der Waals surface area contributed by atoms with Gasteiger partial charge >= 0.3 is 5.97 Å². The van der Waals surface area contributed by atoms with Gasteiger partial charge in [0.15, 0.2) is 0 Å². The molecule has 20 heavy (non-hydrogen) atoms. The first kappa shape index (κ1) is 21.6. The van der Waals surface area contributed by atoms with E-state index in [4.69, 9.17) is 20.4 Å². The predicted molar refractivity (Wildman–Crippen MR) is 78.6 cm³/mol. The monoisotopic (exact) mass is 293 g/mol. The number of hydrogen-bond donors (Lipinski definition) is 4. The molecule has 1 atom stereocenters. The van der Waals surface area contributed by atoms with E-state index < -0.39 is 5.97 Å². The van der Waals surface area contributed by atoms with Gasteiger partial charge in [0.2, 0.25) is 0 Å². The number of unbranched alkanes of at least 4 members (excludes halogenated alkanes) is 1. The third kappa shape index (κ3) is 13.7. The lowest BCUT2D eigenvalue weighted by Gasteiger charge is -2.17. The van der Waals surface area contributed by atoms with Gasteiger partial charge in [0.25, 0.3) is 0 Å². The van der Waals surface area contributed by atoms with Crippen LogP contribution in [0.2, 0.25) is 0 Å². The number of hydrogen-bond acceptors (Lipinski definition) is 5. The first-order valence-corrected chi connectivity index (χ1v) is 7.34. The fourth-order valence-corrected chi connectivity index (χ4v) is 1.71. The van der Waals surface area contributed by atoms with Crippen molar-refractivity contribution in [1.29, 1.82) is 0 Å². The first-order chi connectivity index (χ1) is 9.56. The molecule has 0 aliphatic carbocycles. The smallest absolute Gasteiger partial charge is 0.306 e. The van der Waals surface area contributed by atoms with Gasteiger partial charge in [0.05, 0.1) is 25.7 Å². The minimum atomic E-state index is -0.643. The second kappa shape index (κ2) is 16.4. The summed E-state index contributed by atoms with van der Waals surface area (Å²) in [6.07, 6.45) is 3.71. The molecule has 0 amide bonds. The summed E-state index contributed by atoms with van der Waals surface area (Å²) >= 11 is 0. The summed E-state index contributed by atoms with van der Waals surface area (Å²) < 4.78 is 0. The molecule has 6 heteroatoms. The zero-order valence-electron chi connectivity index (χ0n) is 12.8. The third-order valence-electron chi connectivity index (χ3n) is 3.00. The third-order valence-corrected chi connectivity index (χ3v) is 3.00. The summed E-state index contributed by atoms with van der Waals surface area (Å²) in [5.41, 5.74) is 0. The van der Waals surface area contributed by atoms with Crippen LogP contribution in [-0.2, 0) is 4.79 Å². The van der Waals surface area contributed by atoms with Crippen molar-refractivity contribution < 1.29 is 25.2 Å². The van der Waals surface area contributed by atoms with Crippen LogP contribution in [0.25, 0.3) is 0 Å². The van der Waals surface area contributed by atoms with E-state index in [2.05, 4.69) is 6.92 Å². The number of carbonyl (C=O) groups is 1. The molecule has 0 fully saturated rings. The van der Waals surface area contributed by atoms with E-state index in [-0.39, 0.29) is 25.7 Å². The van der Waals surface area contributed by atoms with Crippen LogP contribution >= 0.6 is 0 Å². The Kier molecular flexibility index (Phi) is 17.7. The van der Waals surface area contributed by atoms with Crippen molar-refractivity contribution in [1.82, 2.24) is 4.90 Å². The molecule has 0 aromatic rings. The zero-order chi connectivity index (χ0) is 15.8. The minimum absolute atomic E-state index is 0.0694. The Morgan fingerprint density at radius 3 is 1.70 bits per heavy atom. The molecule has 0 aromatic carbocycles. The van der Waals surface area contributed by atoms with Gasteiger partial charge < -0.3 is 20.4 Å². The summed E-state index contributed by atoms with van der Waals surface area (Å²) in [6, 6.07) is 0. The number of carboxylic acid groups (broad SMARTS) is 1. The van der Waals surface area contributed by atoms with Crippen LogP contribution in [0.15, 0.2) is 0 Å². The topological polar surface area (TPSA) is 101 Å². The maximum Gasteiger partial charge on any atom is 0.306 e. The normalized spacial score (nSPS) is 11.9. The number of aliphatic hydroxyl groups is 3. The highest BCUT2D eigenvalue weighted by atomic mass is 16.4. The number of carboxylic acids is 1. The summed E-state index contributed by atoms with van der Waals surface area (Å²) in [6.45, 7) is 5.76. The van der Waals surface area contributed by atoms with E-state index in [1.54, 1.807) is 4.90 Å². The van der Waals surface area contributed by atoms with Crippen LogP contribution < -0.4 is 0 Å². The molecule has 122 valence electrons. The Balaban J connectivity index is 0. The molecular formula is C14H31NO5. The molecule has 1 unspecified atom stereocenters. The largest absolute Gasteiger partial charge is 0.481 e. The second-order valence-electron chi connectivity index (χ2n) is 4.60. The summed E-state index contributed by atoms with van der Waals surface area (Å²) in [4.78, 5) is 12.2. The van der Waals surface area contributed by atoms with Crippen LogP contribution in [0.3, 0.4) is 0 Å². The van der Waals surface area contributed by atoms with E-state index in [9.17, 15) is 4.79 Å². The van der Waals surface area contributed by atoms with Crippen molar-refractivity contribution in [2.24, 2.45) is 5.92 Å². The quantitative estimate of drug-likeness (QED) is 0.444. The Hall–Kier alpha value is -0.690. The van der Waals surface area contributed by atoms with Crippen LogP contribution in [-0.4, -0.2) is 70.8 Å². The molecule has 0 aromatic heterocycles. The Bertz CT molecular complexity index is 199. The summed E-state index contributed by atoms with van der Waals surface area (Å²) in [5, 5.41) is 34.1. The standard InChI is InChI=1S/C8H16O2.C6H15NO3/c1-3-5-6-7(4-2)8(9)10;8-4-1-7(2-5-9)3-6-10/h7H,3-6H2,1-2H3,(H,9,10);8-10H,1-6H2. The van der Waals surface area contributed by atoms with Gasteiger partial charge in [-0.2, -0.15) is 0 Å². The van der Waals surface area contributed by atoms with Crippen molar-refractivity contribution in [2.45, 2.75) is 39.5 Å².